The van der Waals surface area contributed by atoms with Crippen molar-refractivity contribution in [2.24, 2.45) is 5.92 Å². The van der Waals surface area contributed by atoms with E-state index in [9.17, 15) is 4.79 Å². The van der Waals surface area contributed by atoms with Crippen LogP contribution in [0.1, 0.15) is 12.8 Å². The first kappa shape index (κ1) is 9.34. The van der Waals surface area contributed by atoms with Gasteiger partial charge in [-0.1, -0.05) is 0 Å². The first-order chi connectivity index (χ1) is 6.27. The normalized spacial score (nSPS) is 27.1. The third kappa shape index (κ3) is 1.99. The maximum absolute atomic E-state index is 10.7. The fourth-order valence-corrected chi connectivity index (χ4v) is 2.81. The van der Waals surface area contributed by atoms with Gasteiger partial charge in [-0.2, -0.15) is 11.8 Å². The van der Waals surface area contributed by atoms with Crippen molar-refractivity contribution < 1.29 is 9.90 Å². The smallest absolute Gasteiger partial charge is 0.306 e. The van der Waals surface area contributed by atoms with Crippen molar-refractivity contribution in [2.75, 3.05) is 24.6 Å². The summed E-state index contributed by atoms with van der Waals surface area (Å²) >= 11 is 1.99. The molecule has 3 nitrogen and oxygen atoms in total. The van der Waals surface area contributed by atoms with E-state index in [-0.39, 0.29) is 5.92 Å². The molecule has 0 saturated carbocycles. The lowest BCUT2D eigenvalue weighted by atomic mass is 9.96. The maximum Gasteiger partial charge on any atom is 0.306 e. The quantitative estimate of drug-likeness (QED) is 0.720. The third-order valence-electron chi connectivity index (χ3n) is 3.02. The summed E-state index contributed by atoms with van der Waals surface area (Å²) in [5.74, 6) is 1.81. The summed E-state index contributed by atoms with van der Waals surface area (Å²) in [5.41, 5.74) is 0. The summed E-state index contributed by atoms with van der Waals surface area (Å²) in [6.07, 6.45) is 1.69. The minimum Gasteiger partial charge on any atom is -0.481 e. The predicted octanol–water partition coefficient (Wildman–Crippen LogP) is 0.898. The molecule has 1 N–H and O–H groups in total. The number of carboxylic acids is 1. The van der Waals surface area contributed by atoms with Crippen LogP contribution in [0.25, 0.3) is 0 Å². The number of aliphatic carboxylic acids is 1. The van der Waals surface area contributed by atoms with Crippen LogP contribution in [0.3, 0.4) is 0 Å². The Labute approximate surface area is 82.5 Å². The molecule has 0 radical (unpaired) electrons. The van der Waals surface area contributed by atoms with Gasteiger partial charge in [-0.15, -0.1) is 0 Å². The molecule has 0 aromatic heterocycles. The molecule has 0 spiro atoms. The van der Waals surface area contributed by atoms with Gasteiger partial charge >= 0.3 is 5.97 Å². The second kappa shape index (κ2) is 3.88. The lowest BCUT2D eigenvalue weighted by Gasteiger charge is -2.40. The molecule has 2 fully saturated rings. The number of hydrogen-bond acceptors (Lipinski definition) is 3. The van der Waals surface area contributed by atoms with Gasteiger partial charge < -0.3 is 5.11 Å². The summed E-state index contributed by atoms with van der Waals surface area (Å²) < 4.78 is 0. The van der Waals surface area contributed by atoms with E-state index in [1.807, 2.05) is 11.8 Å². The first-order valence-corrected chi connectivity index (χ1v) is 5.97. The van der Waals surface area contributed by atoms with Crippen molar-refractivity contribution in [1.82, 2.24) is 4.90 Å². The number of nitrogens with zero attached hydrogens (tertiary/aromatic N) is 1. The maximum atomic E-state index is 10.7. The topological polar surface area (TPSA) is 40.5 Å². The number of carbonyl (C=O) groups is 1. The van der Waals surface area contributed by atoms with Crippen molar-refractivity contribution in [3.63, 3.8) is 0 Å². The van der Waals surface area contributed by atoms with E-state index in [0.29, 0.717) is 0 Å². The SMILES string of the molecule is O=C(O)C1CCN(C2CSC2)CC1. The van der Waals surface area contributed by atoms with Crippen LogP contribution in [0.15, 0.2) is 0 Å². The largest absolute Gasteiger partial charge is 0.481 e. The molecule has 0 bridgehead atoms. The van der Waals surface area contributed by atoms with Gasteiger partial charge in [0.05, 0.1) is 5.92 Å². The summed E-state index contributed by atoms with van der Waals surface area (Å²) in [6.45, 7) is 1.98. The highest BCUT2D eigenvalue weighted by Crippen LogP contribution is 2.27. The zero-order valence-corrected chi connectivity index (χ0v) is 8.42. The minimum atomic E-state index is -0.609. The number of piperidine rings is 1. The number of thioether (sulfide) groups is 1. The van der Waals surface area contributed by atoms with Crippen molar-refractivity contribution in [2.45, 2.75) is 18.9 Å². The highest BCUT2D eigenvalue weighted by atomic mass is 32.2. The van der Waals surface area contributed by atoms with Gasteiger partial charge in [0.1, 0.15) is 0 Å². The van der Waals surface area contributed by atoms with Gasteiger partial charge in [0.25, 0.3) is 0 Å². The van der Waals surface area contributed by atoms with E-state index in [1.54, 1.807) is 0 Å². The standard InChI is InChI=1S/C9H15NO2S/c11-9(12)7-1-3-10(4-2-7)8-5-13-6-8/h7-8H,1-6H2,(H,11,12). The lowest BCUT2D eigenvalue weighted by Crippen LogP contribution is -2.48. The molecule has 0 aliphatic carbocycles. The van der Waals surface area contributed by atoms with Gasteiger partial charge in [-0.05, 0) is 25.9 Å². The molecule has 4 heteroatoms. The second-order valence-electron chi connectivity index (χ2n) is 3.84. The Morgan fingerprint density at radius 2 is 1.92 bits per heavy atom. The summed E-state index contributed by atoms with van der Waals surface area (Å²) in [5, 5.41) is 8.81. The fourth-order valence-electron chi connectivity index (χ4n) is 1.95. The van der Waals surface area contributed by atoms with Gasteiger partial charge in [-0.3, -0.25) is 9.69 Å². The van der Waals surface area contributed by atoms with Crippen LogP contribution in [0, 0.1) is 5.92 Å². The van der Waals surface area contributed by atoms with Crippen LogP contribution in [-0.2, 0) is 4.79 Å². The molecule has 74 valence electrons. The summed E-state index contributed by atoms with van der Waals surface area (Å²) in [6, 6.07) is 0.750. The molecular formula is C9H15NO2S. The number of likely N-dealkylation sites (tertiary alicyclic amines) is 1. The monoisotopic (exact) mass is 201 g/mol. The van der Waals surface area contributed by atoms with E-state index < -0.39 is 5.97 Å². The summed E-state index contributed by atoms with van der Waals surface area (Å²) in [4.78, 5) is 13.1. The molecule has 0 amide bonds. The molecule has 2 aliphatic heterocycles. The molecule has 0 aromatic carbocycles. The molecule has 2 rings (SSSR count). The Morgan fingerprint density at radius 1 is 1.31 bits per heavy atom. The predicted molar refractivity (Wildman–Crippen MR) is 53.0 cm³/mol. The molecule has 2 saturated heterocycles. The van der Waals surface area contributed by atoms with E-state index in [1.165, 1.54) is 11.5 Å². The van der Waals surface area contributed by atoms with Crippen LogP contribution < -0.4 is 0 Å². The Bertz CT molecular complexity index is 198. The first-order valence-electron chi connectivity index (χ1n) is 4.82. The molecule has 13 heavy (non-hydrogen) atoms. The molecular weight excluding hydrogens is 186 g/mol. The van der Waals surface area contributed by atoms with Crippen LogP contribution in [0.2, 0.25) is 0 Å². The summed E-state index contributed by atoms with van der Waals surface area (Å²) in [7, 11) is 0. The zero-order valence-electron chi connectivity index (χ0n) is 7.61. The van der Waals surface area contributed by atoms with Crippen molar-refractivity contribution >= 4 is 17.7 Å². The Balaban J connectivity index is 1.78. The molecule has 0 atom stereocenters. The fraction of sp³-hybridized carbons (Fsp3) is 0.889. The molecule has 0 unspecified atom stereocenters. The van der Waals surface area contributed by atoms with Crippen LogP contribution >= 0.6 is 11.8 Å². The number of carboxylic acid groups (broad SMARTS) is 1. The minimum absolute atomic E-state index is 0.0796. The Hall–Kier alpha value is -0.220. The average molecular weight is 201 g/mol. The lowest BCUT2D eigenvalue weighted by molar-refractivity contribution is -0.143. The van der Waals surface area contributed by atoms with Crippen molar-refractivity contribution in [1.29, 1.82) is 0 Å². The number of hydrogen-bond donors (Lipinski definition) is 1. The van der Waals surface area contributed by atoms with E-state index in [0.717, 1.165) is 32.0 Å². The molecule has 2 aliphatic rings. The molecule has 0 aromatic rings. The van der Waals surface area contributed by atoms with E-state index >= 15 is 0 Å². The highest BCUT2D eigenvalue weighted by Gasteiger charge is 2.31. The van der Waals surface area contributed by atoms with Gasteiger partial charge in [-0.25, -0.2) is 0 Å². The number of rotatable bonds is 2. The second-order valence-corrected chi connectivity index (χ2v) is 4.91. The van der Waals surface area contributed by atoms with Gasteiger partial charge in [0.15, 0.2) is 0 Å². The Kier molecular flexibility index (Phi) is 2.79. The Morgan fingerprint density at radius 3 is 2.31 bits per heavy atom. The van der Waals surface area contributed by atoms with E-state index in [2.05, 4.69) is 4.90 Å². The van der Waals surface area contributed by atoms with Crippen LogP contribution in [0.4, 0.5) is 0 Å². The van der Waals surface area contributed by atoms with Crippen LogP contribution in [-0.4, -0.2) is 46.6 Å². The van der Waals surface area contributed by atoms with Crippen molar-refractivity contribution in [3.05, 3.63) is 0 Å². The average Bonchev–Trinajstić information content (AvgIpc) is 2.02. The molecule has 2 heterocycles. The van der Waals surface area contributed by atoms with Crippen molar-refractivity contribution in [3.8, 4) is 0 Å². The van der Waals surface area contributed by atoms with Crippen LogP contribution in [0.5, 0.6) is 0 Å². The zero-order chi connectivity index (χ0) is 9.26. The van der Waals surface area contributed by atoms with Gasteiger partial charge in [0, 0.05) is 17.5 Å². The third-order valence-corrected chi connectivity index (χ3v) is 4.26. The van der Waals surface area contributed by atoms with E-state index in [4.69, 9.17) is 5.11 Å². The van der Waals surface area contributed by atoms with Gasteiger partial charge in [0.2, 0.25) is 0 Å². The highest BCUT2D eigenvalue weighted by molar-refractivity contribution is 8.00.